The molecule has 0 saturated heterocycles. The molecular formula is C25H30N2O3. The van der Waals surface area contributed by atoms with Crippen molar-refractivity contribution in [3.05, 3.63) is 95.6 Å². The SMILES string of the molecule is NCCCOc1ccc(C(O)(c2ccccc2)c2ccc(OCCCN)cc2)cc1. The lowest BCUT2D eigenvalue weighted by Gasteiger charge is -2.30. The van der Waals surface area contributed by atoms with Gasteiger partial charge in [-0.15, -0.1) is 0 Å². The summed E-state index contributed by atoms with van der Waals surface area (Å²) in [6.45, 7) is 2.34. The second-order valence-electron chi connectivity index (χ2n) is 7.11. The molecule has 0 unspecified atom stereocenters. The summed E-state index contributed by atoms with van der Waals surface area (Å²) in [6.07, 6.45) is 1.60. The predicted octanol–water partition coefficient (Wildman–Crippen LogP) is 3.43. The summed E-state index contributed by atoms with van der Waals surface area (Å²) in [7, 11) is 0. The van der Waals surface area contributed by atoms with E-state index in [1.807, 2.05) is 78.9 Å². The van der Waals surface area contributed by atoms with Crippen LogP contribution in [-0.2, 0) is 5.60 Å². The first-order valence-electron chi connectivity index (χ1n) is 10.3. The molecule has 0 aromatic heterocycles. The van der Waals surface area contributed by atoms with Crippen molar-refractivity contribution in [2.24, 2.45) is 11.5 Å². The lowest BCUT2D eigenvalue weighted by molar-refractivity contribution is 0.125. The summed E-state index contributed by atoms with van der Waals surface area (Å²) in [5.41, 5.74) is 12.1. The number of aliphatic hydroxyl groups is 1. The summed E-state index contributed by atoms with van der Waals surface area (Å²) >= 11 is 0. The second kappa shape index (κ2) is 10.8. The van der Waals surface area contributed by atoms with Crippen molar-refractivity contribution in [1.82, 2.24) is 0 Å². The molecule has 0 bridgehead atoms. The number of ether oxygens (including phenoxy) is 2. The molecule has 5 N–H and O–H groups in total. The highest BCUT2D eigenvalue weighted by atomic mass is 16.5. The minimum Gasteiger partial charge on any atom is -0.494 e. The van der Waals surface area contributed by atoms with Crippen LogP contribution in [0, 0.1) is 0 Å². The standard InChI is InChI=1S/C25H30N2O3/c26-16-4-18-29-23-12-8-21(9-13-23)25(28,20-6-2-1-3-7-20)22-10-14-24(15-11-22)30-19-5-17-27/h1-3,6-15,28H,4-5,16-19,26-27H2. The van der Waals surface area contributed by atoms with E-state index in [2.05, 4.69) is 0 Å². The first kappa shape index (κ1) is 21.8. The molecule has 3 aromatic rings. The van der Waals surface area contributed by atoms with Gasteiger partial charge in [0.05, 0.1) is 13.2 Å². The lowest BCUT2D eigenvalue weighted by Crippen LogP contribution is -2.28. The molecule has 0 fully saturated rings. The van der Waals surface area contributed by atoms with Gasteiger partial charge in [0.15, 0.2) is 0 Å². The first-order valence-corrected chi connectivity index (χ1v) is 10.3. The van der Waals surface area contributed by atoms with Gasteiger partial charge in [0.1, 0.15) is 17.1 Å². The van der Waals surface area contributed by atoms with Crippen molar-refractivity contribution in [2.45, 2.75) is 18.4 Å². The van der Waals surface area contributed by atoms with E-state index in [-0.39, 0.29) is 0 Å². The smallest absolute Gasteiger partial charge is 0.140 e. The Labute approximate surface area is 178 Å². The maximum absolute atomic E-state index is 11.9. The van der Waals surface area contributed by atoms with E-state index >= 15 is 0 Å². The summed E-state index contributed by atoms with van der Waals surface area (Å²) in [5.74, 6) is 1.51. The number of nitrogens with two attached hydrogens (primary N) is 2. The molecule has 0 heterocycles. The highest BCUT2D eigenvalue weighted by molar-refractivity contribution is 5.49. The molecule has 0 aliphatic rings. The predicted molar refractivity (Wildman–Crippen MR) is 120 cm³/mol. The van der Waals surface area contributed by atoms with Crippen molar-refractivity contribution < 1.29 is 14.6 Å². The Morgan fingerprint density at radius 3 is 1.40 bits per heavy atom. The van der Waals surface area contributed by atoms with Crippen molar-refractivity contribution >= 4 is 0 Å². The monoisotopic (exact) mass is 406 g/mol. The molecule has 0 aliphatic carbocycles. The van der Waals surface area contributed by atoms with Crippen molar-refractivity contribution in [3.8, 4) is 11.5 Å². The molecule has 0 aliphatic heterocycles. The Kier molecular flexibility index (Phi) is 7.85. The molecule has 5 nitrogen and oxygen atoms in total. The van der Waals surface area contributed by atoms with Gasteiger partial charge in [0, 0.05) is 0 Å². The van der Waals surface area contributed by atoms with Gasteiger partial charge < -0.3 is 26.0 Å². The Balaban J connectivity index is 1.91. The van der Waals surface area contributed by atoms with E-state index in [0.29, 0.717) is 26.3 Å². The van der Waals surface area contributed by atoms with Gasteiger partial charge in [0.2, 0.25) is 0 Å². The van der Waals surface area contributed by atoms with Crippen LogP contribution < -0.4 is 20.9 Å². The van der Waals surface area contributed by atoms with E-state index < -0.39 is 5.60 Å². The van der Waals surface area contributed by atoms with Crippen LogP contribution in [0.2, 0.25) is 0 Å². The molecule has 0 radical (unpaired) electrons. The van der Waals surface area contributed by atoms with Gasteiger partial charge in [-0.1, -0.05) is 54.6 Å². The van der Waals surface area contributed by atoms with Crippen LogP contribution in [0.25, 0.3) is 0 Å². The Morgan fingerprint density at radius 1 is 0.600 bits per heavy atom. The molecule has 0 spiro atoms. The Bertz CT molecular complexity index is 827. The summed E-state index contributed by atoms with van der Waals surface area (Å²) in [5, 5.41) is 11.9. The number of hydrogen-bond donors (Lipinski definition) is 3. The van der Waals surface area contributed by atoms with Crippen LogP contribution in [0.3, 0.4) is 0 Å². The van der Waals surface area contributed by atoms with E-state index in [4.69, 9.17) is 20.9 Å². The summed E-state index contributed by atoms with van der Waals surface area (Å²) in [6, 6.07) is 24.8. The number of hydrogen-bond acceptors (Lipinski definition) is 5. The molecule has 0 atom stereocenters. The molecular weight excluding hydrogens is 376 g/mol. The Hall–Kier alpha value is -2.86. The van der Waals surface area contributed by atoms with Crippen LogP contribution >= 0.6 is 0 Å². The number of rotatable bonds is 11. The van der Waals surface area contributed by atoms with Gasteiger partial charge in [-0.2, -0.15) is 0 Å². The fraction of sp³-hybridized carbons (Fsp3) is 0.280. The van der Waals surface area contributed by atoms with Gasteiger partial charge in [-0.3, -0.25) is 0 Å². The molecule has 0 saturated carbocycles. The van der Waals surface area contributed by atoms with Crippen LogP contribution in [-0.4, -0.2) is 31.4 Å². The average Bonchev–Trinajstić information content (AvgIpc) is 2.80. The zero-order chi connectivity index (χ0) is 21.2. The van der Waals surface area contributed by atoms with Gasteiger partial charge in [0.25, 0.3) is 0 Å². The highest BCUT2D eigenvalue weighted by Crippen LogP contribution is 2.37. The van der Waals surface area contributed by atoms with Gasteiger partial charge in [-0.25, -0.2) is 0 Å². The third-order valence-electron chi connectivity index (χ3n) is 4.97. The molecule has 158 valence electrons. The van der Waals surface area contributed by atoms with Gasteiger partial charge >= 0.3 is 0 Å². The van der Waals surface area contributed by atoms with Crippen molar-refractivity contribution in [2.75, 3.05) is 26.3 Å². The molecule has 30 heavy (non-hydrogen) atoms. The largest absolute Gasteiger partial charge is 0.494 e. The van der Waals surface area contributed by atoms with E-state index in [1.54, 1.807) is 0 Å². The molecule has 0 amide bonds. The van der Waals surface area contributed by atoms with Crippen LogP contribution in [0.1, 0.15) is 29.5 Å². The quantitative estimate of drug-likeness (QED) is 0.335. The van der Waals surface area contributed by atoms with E-state index in [0.717, 1.165) is 41.0 Å². The van der Waals surface area contributed by atoms with Crippen LogP contribution in [0.15, 0.2) is 78.9 Å². The topological polar surface area (TPSA) is 90.7 Å². The average molecular weight is 407 g/mol. The maximum Gasteiger partial charge on any atom is 0.140 e. The number of benzene rings is 3. The fourth-order valence-corrected chi connectivity index (χ4v) is 3.31. The normalized spacial score (nSPS) is 11.3. The lowest BCUT2D eigenvalue weighted by atomic mass is 9.80. The van der Waals surface area contributed by atoms with Gasteiger partial charge in [-0.05, 0) is 66.9 Å². The van der Waals surface area contributed by atoms with E-state index in [9.17, 15) is 5.11 Å². The molecule has 3 rings (SSSR count). The summed E-state index contributed by atoms with van der Waals surface area (Å²) < 4.78 is 11.4. The zero-order valence-electron chi connectivity index (χ0n) is 17.2. The fourth-order valence-electron chi connectivity index (χ4n) is 3.31. The minimum absolute atomic E-state index is 0.574. The second-order valence-corrected chi connectivity index (χ2v) is 7.11. The first-order chi connectivity index (χ1) is 14.7. The third kappa shape index (κ3) is 5.19. The molecule has 5 heteroatoms. The Morgan fingerprint density at radius 2 is 1.00 bits per heavy atom. The maximum atomic E-state index is 11.9. The highest BCUT2D eigenvalue weighted by Gasteiger charge is 2.33. The van der Waals surface area contributed by atoms with Crippen molar-refractivity contribution in [3.63, 3.8) is 0 Å². The minimum atomic E-state index is -1.30. The zero-order valence-corrected chi connectivity index (χ0v) is 17.2. The van der Waals surface area contributed by atoms with Crippen LogP contribution in [0.5, 0.6) is 11.5 Å². The van der Waals surface area contributed by atoms with E-state index in [1.165, 1.54) is 0 Å². The summed E-state index contributed by atoms with van der Waals surface area (Å²) in [4.78, 5) is 0. The third-order valence-corrected chi connectivity index (χ3v) is 4.97. The van der Waals surface area contributed by atoms with Crippen LogP contribution in [0.4, 0.5) is 0 Å². The molecule has 3 aromatic carbocycles. The van der Waals surface area contributed by atoms with Crippen molar-refractivity contribution in [1.29, 1.82) is 0 Å².